The first-order chi connectivity index (χ1) is 10.8. The fraction of sp³-hybridized carbons (Fsp3) is 0.333. The van der Waals surface area contributed by atoms with Crippen molar-refractivity contribution in [1.29, 1.82) is 0 Å². The highest BCUT2D eigenvalue weighted by Crippen LogP contribution is 2.28. The van der Waals surface area contributed by atoms with Gasteiger partial charge >= 0.3 is 0 Å². The number of rotatable bonds is 2. The van der Waals surface area contributed by atoms with Crippen LogP contribution in [0.25, 0.3) is 22.4 Å². The number of fused-ring (bicyclic) bond motifs is 1. The van der Waals surface area contributed by atoms with E-state index in [1.54, 1.807) is 0 Å². The predicted octanol–water partition coefficient (Wildman–Crippen LogP) is 3.41. The average Bonchev–Trinajstić information content (AvgIpc) is 3.04. The summed E-state index contributed by atoms with van der Waals surface area (Å²) in [6.45, 7) is 3.31. The lowest BCUT2D eigenvalue weighted by Crippen LogP contribution is -2.36. The van der Waals surface area contributed by atoms with E-state index in [0.717, 1.165) is 36.4 Å². The Morgan fingerprint density at radius 3 is 3.00 bits per heavy atom. The molecule has 1 aliphatic rings. The van der Waals surface area contributed by atoms with E-state index in [-0.39, 0.29) is 0 Å². The molecular formula is C18H20N4. The van der Waals surface area contributed by atoms with Gasteiger partial charge in [-0.05, 0) is 38.4 Å². The van der Waals surface area contributed by atoms with Crippen LogP contribution in [0.15, 0.2) is 48.8 Å². The van der Waals surface area contributed by atoms with E-state index in [2.05, 4.69) is 52.3 Å². The van der Waals surface area contributed by atoms with Gasteiger partial charge in [-0.25, -0.2) is 9.97 Å². The fourth-order valence-electron chi connectivity index (χ4n) is 3.35. The van der Waals surface area contributed by atoms with Crippen LogP contribution in [0.2, 0.25) is 0 Å². The molecule has 0 aliphatic carbocycles. The molecule has 112 valence electrons. The summed E-state index contributed by atoms with van der Waals surface area (Å²) < 4.78 is 2.30. The van der Waals surface area contributed by atoms with Crippen LogP contribution in [0.5, 0.6) is 0 Å². The number of benzene rings is 1. The highest BCUT2D eigenvalue weighted by atomic mass is 15.1. The topological polar surface area (TPSA) is 42.7 Å². The summed E-state index contributed by atoms with van der Waals surface area (Å²) in [5, 5.41) is 4.67. The van der Waals surface area contributed by atoms with E-state index in [4.69, 9.17) is 4.98 Å². The van der Waals surface area contributed by atoms with Crippen LogP contribution in [-0.2, 0) is 0 Å². The van der Waals surface area contributed by atoms with Crippen LogP contribution in [0.3, 0.4) is 0 Å². The van der Waals surface area contributed by atoms with Crippen molar-refractivity contribution < 1.29 is 0 Å². The highest BCUT2D eigenvalue weighted by Gasteiger charge is 2.22. The van der Waals surface area contributed by atoms with Gasteiger partial charge in [0.2, 0.25) is 0 Å². The number of para-hydroxylation sites is 1. The molecular weight excluding hydrogens is 272 g/mol. The summed E-state index contributed by atoms with van der Waals surface area (Å²) in [6.07, 6.45) is 6.26. The van der Waals surface area contributed by atoms with Crippen LogP contribution in [-0.4, -0.2) is 27.1 Å². The summed E-state index contributed by atoms with van der Waals surface area (Å²) in [5.74, 6) is 0.977. The lowest BCUT2D eigenvalue weighted by Gasteiger charge is -2.29. The Labute approximate surface area is 130 Å². The van der Waals surface area contributed by atoms with Crippen molar-refractivity contribution in [3.8, 4) is 11.5 Å². The molecule has 3 heterocycles. The summed E-state index contributed by atoms with van der Waals surface area (Å²) in [4.78, 5) is 9.37. The monoisotopic (exact) mass is 292 g/mol. The van der Waals surface area contributed by atoms with Crippen LogP contribution in [0.4, 0.5) is 0 Å². The van der Waals surface area contributed by atoms with E-state index in [0.29, 0.717) is 12.1 Å². The molecule has 0 unspecified atom stereocenters. The third-order valence-corrected chi connectivity index (χ3v) is 4.49. The molecule has 0 amide bonds. The maximum Gasteiger partial charge on any atom is 0.158 e. The van der Waals surface area contributed by atoms with Crippen molar-refractivity contribution in [2.75, 3.05) is 6.54 Å². The van der Waals surface area contributed by atoms with E-state index in [1.807, 2.05) is 18.3 Å². The SMILES string of the molecule is C[C@H]1C[C@H](n2ccnc2-c2ccc3ccccc3n2)CCN1. The van der Waals surface area contributed by atoms with E-state index < -0.39 is 0 Å². The molecule has 2 atom stereocenters. The van der Waals surface area contributed by atoms with Gasteiger partial charge in [0.25, 0.3) is 0 Å². The Kier molecular flexibility index (Phi) is 3.39. The van der Waals surface area contributed by atoms with Gasteiger partial charge in [0.15, 0.2) is 5.82 Å². The molecule has 0 bridgehead atoms. The van der Waals surface area contributed by atoms with Gasteiger partial charge in [0.1, 0.15) is 5.69 Å². The number of pyridine rings is 1. The first-order valence-electron chi connectivity index (χ1n) is 7.93. The number of hydrogen-bond acceptors (Lipinski definition) is 3. The largest absolute Gasteiger partial charge is 0.327 e. The lowest BCUT2D eigenvalue weighted by molar-refractivity contribution is 0.315. The Morgan fingerprint density at radius 1 is 1.18 bits per heavy atom. The van der Waals surface area contributed by atoms with Crippen molar-refractivity contribution in [3.63, 3.8) is 0 Å². The molecule has 4 heteroatoms. The Balaban J connectivity index is 1.74. The van der Waals surface area contributed by atoms with Crippen molar-refractivity contribution in [2.45, 2.75) is 31.8 Å². The maximum absolute atomic E-state index is 4.79. The summed E-state index contributed by atoms with van der Waals surface area (Å²) >= 11 is 0. The number of imidazole rings is 1. The van der Waals surface area contributed by atoms with Gasteiger partial charge in [0.05, 0.1) is 5.52 Å². The molecule has 0 spiro atoms. The number of aromatic nitrogens is 3. The minimum absolute atomic E-state index is 0.502. The summed E-state index contributed by atoms with van der Waals surface area (Å²) in [7, 11) is 0. The quantitative estimate of drug-likeness (QED) is 0.787. The van der Waals surface area contributed by atoms with Crippen LogP contribution in [0, 0.1) is 0 Å². The smallest absolute Gasteiger partial charge is 0.158 e. The molecule has 2 aromatic heterocycles. The first kappa shape index (κ1) is 13.5. The average molecular weight is 292 g/mol. The van der Waals surface area contributed by atoms with Crippen molar-refractivity contribution >= 4 is 10.9 Å². The Hall–Kier alpha value is -2.20. The highest BCUT2D eigenvalue weighted by molar-refractivity contribution is 5.80. The molecule has 3 aromatic rings. The van der Waals surface area contributed by atoms with Crippen LogP contribution >= 0.6 is 0 Å². The van der Waals surface area contributed by atoms with Crippen molar-refractivity contribution in [2.24, 2.45) is 0 Å². The zero-order valence-corrected chi connectivity index (χ0v) is 12.7. The Bertz CT molecular complexity index is 792. The minimum Gasteiger partial charge on any atom is -0.327 e. The second kappa shape index (κ2) is 5.54. The van der Waals surface area contributed by atoms with Gasteiger partial charge < -0.3 is 9.88 Å². The molecule has 4 nitrogen and oxygen atoms in total. The number of piperidine rings is 1. The zero-order chi connectivity index (χ0) is 14.9. The minimum atomic E-state index is 0.502. The van der Waals surface area contributed by atoms with Gasteiger partial charge in [-0.3, -0.25) is 0 Å². The summed E-state index contributed by atoms with van der Waals surface area (Å²) in [6, 6.07) is 13.5. The molecule has 22 heavy (non-hydrogen) atoms. The second-order valence-electron chi connectivity index (χ2n) is 6.08. The zero-order valence-electron chi connectivity index (χ0n) is 12.7. The third-order valence-electron chi connectivity index (χ3n) is 4.49. The fourth-order valence-corrected chi connectivity index (χ4v) is 3.35. The molecule has 1 N–H and O–H groups in total. The van der Waals surface area contributed by atoms with E-state index >= 15 is 0 Å². The van der Waals surface area contributed by atoms with E-state index in [1.165, 1.54) is 5.39 Å². The normalized spacial score (nSPS) is 22.0. The third kappa shape index (κ3) is 2.40. The van der Waals surface area contributed by atoms with Crippen LogP contribution < -0.4 is 5.32 Å². The number of hydrogen-bond donors (Lipinski definition) is 1. The number of nitrogens with one attached hydrogen (secondary N) is 1. The summed E-state index contributed by atoms with van der Waals surface area (Å²) in [5.41, 5.74) is 1.98. The van der Waals surface area contributed by atoms with Gasteiger partial charge in [-0.2, -0.15) is 0 Å². The van der Waals surface area contributed by atoms with Gasteiger partial charge in [-0.1, -0.05) is 24.3 Å². The maximum atomic E-state index is 4.79. The lowest BCUT2D eigenvalue weighted by atomic mass is 10.0. The molecule has 1 aliphatic heterocycles. The molecule has 0 saturated carbocycles. The molecule has 0 radical (unpaired) electrons. The second-order valence-corrected chi connectivity index (χ2v) is 6.08. The molecule has 4 rings (SSSR count). The predicted molar refractivity (Wildman–Crippen MR) is 88.7 cm³/mol. The van der Waals surface area contributed by atoms with Crippen molar-refractivity contribution in [3.05, 3.63) is 48.8 Å². The Morgan fingerprint density at radius 2 is 2.09 bits per heavy atom. The molecule has 1 fully saturated rings. The van der Waals surface area contributed by atoms with Crippen LogP contribution in [0.1, 0.15) is 25.8 Å². The van der Waals surface area contributed by atoms with Gasteiger partial charge in [0, 0.05) is 29.9 Å². The van der Waals surface area contributed by atoms with Gasteiger partial charge in [-0.15, -0.1) is 0 Å². The molecule has 1 saturated heterocycles. The standard InChI is InChI=1S/C18H20N4/c1-13-12-15(8-9-19-13)22-11-10-20-18(22)17-7-6-14-4-2-3-5-16(14)21-17/h2-7,10-11,13,15,19H,8-9,12H2,1H3/t13-,15+/m0/s1. The molecule has 1 aromatic carbocycles. The van der Waals surface area contributed by atoms with E-state index in [9.17, 15) is 0 Å². The first-order valence-corrected chi connectivity index (χ1v) is 7.93. The number of nitrogens with zero attached hydrogens (tertiary/aromatic N) is 3. The van der Waals surface area contributed by atoms with Crippen molar-refractivity contribution in [1.82, 2.24) is 19.9 Å².